The number of likely N-dealkylation sites (N-methyl/N-ethyl adjacent to an activating group) is 1. The molecule has 10 heterocycles. The highest BCUT2D eigenvalue weighted by Crippen LogP contribution is 2.43. The highest BCUT2D eigenvalue weighted by molar-refractivity contribution is 6.33. The number of nitrogens with one attached hydrogen (secondary N) is 2. The van der Waals surface area contributed by atoms with E-state index < -0.39 is 5.82 Å². The number of amides is 2. The Morgan fingerprint density at radius 1 is 0.632 bits per heavy atom. The minimum Gasteiger partial charge on any atom is -0.436 e. The number of carbonyl (C=O) groups is 2. The average Bonchev–Trinajstić information content (AvgIpc) is 1.90. The number of fused-ring (bicyclic) bond motifs is 6. The van der Waals surface area contributed by atoms with Crippen molar-refractivity contribution in [2.45, 2.75) is 39.9 Å². The highest BCUT2D eigenvalue weighted by Gasteiger charge is 2.30. The zero-order valence-corrected chi connectivity index (χ0v) is 48.9. The average molecular weight is 1190 g/mol. The van der Waals surface area contributed by atoms with Crippen LogP contribution >= 0.6 is 11.6 Å². The normalized spacial score (nSPS) is 15.3. The molecule has 0 spiro atoms. The largest absolute Gasteiger partial charge is 0.436 e. The van der Waals surface area contributed by atoms with Gasteiger partial charge in [0.15, 0.2) is 5.75 Å². The number of hydrogen-bond acceptors (Lipinski definition) is 18. The Balaban J connectivity index is 0.000000161. The summed E-state index contributed by atoms with van der Waals surface area (Å²) in [4.78, 5) is 65.4. The van der Waals surface area contributed by atoms with Crippen molar-refractivity contribution in [3.05, 3.63) is 155 Å². The Hall–Kier alpha value is -9.84. The number of ether oxygens (including phenoxy) is 4. The van der Waals surface area contributed by atoms with Crippen LogP contribution in [-0.4, -0.2) is 154 Å². The highest BCUT2D eigenvalue weighted by atomic mass is 35.5. The van der Waals surface area contributed by atoms with Gasteiger partial charge in [-0.1, -0.05) is 62.0 Å². The van der Waals surface area contributed by atoms with Gasteiger partial charge in [0.05, 0.1) is 45.0 Å². The van der Waals surface area contributed by atoms with Crippen LogP contribution in [0, 0.1) is 12.7 Å². The number of hydrogen-bond donors (Lipinski definition) is 2. The van der Waals surface area contributed by atoms with E-state index in [1.807, 2.05) is 49.4 Å². The number of rotatable bonds is 13. The second-order valence-corrected chi connectivity index (χ2v) is 22.0. The lowest BCUT2D eigenvalue weighted by Gasteiger charge is -2.35. The third-order valence-corrected chi connectivity index (χ3v) is 16.6. The monoisotopic (exact) mass is 1190 g/mol. The number of aromatic amines is 2. The zero-order chi connectivity index (χ0) is 59.9. The van der Waals surface area contributed by atoms with Crippen molar-refractivity contribution in [3.8, 4) is 46.8 Å². The molecule has 4 aliphatic heterocycles. The van der Waals surface area contributed by atoms with Crippen molar-refractivity contribution in [1.29, 1.82) is 0 Å². The van der Waals surface area contributed by atoms with Gasteiger partial charge in [-0.3, -0.25) is 29.6 Å². The van der Waals surface area contributed by atoms with E-state index in [4.69, 9.17) is 50.5 Å². The van der Waals surface area contributed by atoms with Crippen LogP contribution < -0.4 is 28.7 Å². The molecule has 0 unspecified atom stereocenters. The molecule has 442 valence electrons. The van der Waals surface area contributed by atoms with Crippen LogP contribution in [0.25, 0.3) is 43.6 Å². The first kappa shape index (κ1) is 56.3. The molecule has 14 rings (SSSR count). The number of nitrogens with zero attached hydrogens (tertiary/aromatic N) is 14. The van der Waals surface area contributed by atoms with E-state index >= 15 is 0 Å². The van der Waals surface area contributed by atoms with Gasteiger partial charge >= 0.3 is 12.0 Å². The van der Waals surface area contributed by atoms with Gasteiger partial charge in [0.1, 0.15) is 50.8 Å². The number of benzene rings is 4. The molecule has 0 radical (unpaired) electrons. The van der Waals surface area contributed by atoms with E-state index in [2.05, 4.69) is 89.2 Å². The van der Waals surface area contributed by atoms with Crippen LogP contribution in [0.5, 0.6) is 46.8 Å². The Bertz CT molecular complexity index is 4330. The maximum atomic E-state index is 14.7. The van der Waals surface area contributed by atoms with Gasteiger partial charge < -0.3 is 38.5 Å². The molecule has 0 aliphatic carbocycles. The van der Waals surface area contributed by atoms with Crippen LogP contribution in [-0.2, 0) is 35.6 Å². The number of carbonyl (C=O) groups excluding carboxylic acids is 2. The molecular formula is C63H60ClFN16O6. The van der Waals surface area contributed by atoms with Crippen LogP contribution in [0.1, 0.15) is 34.7 Å². The quantitative estimate of drug-likeness (QED) is 0.102. The fourth-order valence-corrected chi connectivity index (χ4v) is 11.8. The van der Waals surface area contributed by atoms with Gasteiger partial charge in [-0.15, -0.1) is 0 Å². The molecule has 22 nitrogen and oxygen atoms in total. The molecule has 2 amide bonds. The maximum Gasteiger partial charge on any atom is 0.324 e. The van der Waals surface area contributed by atoms with Gasteiger partial charge in [0.25, 0.3) is 0 Å². The SMILES string of the molecule is C=CC(=O)N1CCN(c2nc(Oc3cccc4c3CCN(CC)C4)nc3c(Oc4c(C)ccc5[nH]ncc45)nccc23)CC1.C=CC(=O)N1CCN(c2nc(Oc3cccc4c3CN(C)C4)nc3c(Oc4c(Cl)c(F)cc5[nH]ncc45)nccc23)CC1. The van der Waals surface area contributed by atoms with Crippen molar-refractivity contribution in [2.24, 2.45) is 0 Å². The molecule has 87 heavy (non-hydrogen) atoms. The predicted molar refractivity (Wildman–Crippen MR) is 328 cm³/mol. The summed E-state index contributed by atoms with van der Waals surface area (Å²) in [6, 6.07) is 21.3. The van der Waals surface area contributed by atoms with Crippen molar-refractivity contribution in [3.63, 3.8) is 0 Å². The maximum absolute atomic E-state index is 14.7. The first-order valence-corrected chi connectivity index (χ1v) is 29.0. The van der Waals surface area contributed by atoms with E-state index in [0.29, 0.717) is 109 Å². The molecule has 6 aromatic heterocycles. The van der Waals surface area contributed by atoms with Gasteiger partial charge in [0, 0.05) is 108 Å². The summed E-state index contributed by atoms with van der Waals surface area (Å²) in [6.07, 6.45) is 10.1. The van der Waals surface area contributed by atoms with Gasteiger partial charge in [0.2, 0.25) is 23.6 Å². The number of halogens is 2. The molecule has 2 fully saturated rings. The van der Waals surface area contributed by atoms with Gasteiger partial charge in [-0.25, -0.2) is 14.4 Å². The smallest absolute Gasteiger partial charge is 0.324 e. The third-order valence-electron chi connectivity index (χ3n) is 16.2. The molecule has 4 aliphatic rings. The fourth-order valence-electron chi connectivity index (χ4n) is 11.6. The molecular weight excluding hydrogens is 1130 g/mol. The Morgan fingerprint density at radius 3 is 1.75 bits per heavy atom. The summed E-state index contributed by atoms with van der Waals surface area (Å²) >= 11 is 6.36. The fraction of sp³-hybridized carbons (Fsp3) is 0.270. The number of aromatic nitrogens is 10. The molecule has 24 heteroatoms. The lowest BCUT2D eigenvalue weighted by Crippen LogP contribution is -2.48. The molecule has 0 bridgehead atoms. The first-order chi connectivity index (χ1) is 42.4. The number of pyridine rings is 2. The lowest BCUT2D eigenvalue weighted by molar-refractivity contribution is -0.127. The van der Waals surface area contributed by atoms with Crippen LogP contribution in [0.2, 0.25) is 5.02 Å². The van der Waals surface area contributed by atoms with Crippen LogP contribution in [0.3, 0.4) is 0 Å². The van der Waals surface area contributed by atoms with E-state index in [0.717, 1.165) is 72.3 Å². The third kappa shape index (κ3) is 11.1. The van der Waals surface area contributed by atoms with Crippen molar-refractivity contribution in [1.82, 2.24) is 69.9 Å². The molecule has 0 atom stereocenters. The molecule has 2 saturated heterocycles. The topological polar surface area (TPSA) is 225 Å². The Labute approximate surface area is 503 Å². The standard InChI is InChI=1S/C33H34N8O3.C30H26ClFN8O3/c1-4-28(42)40-15-17-41(18-16-40)31-24-11-13-34-32(44-30-21(3)9-10-26-25(30)19-35-38-26)29(24)36-33(37-31)43-27-8-6-7-22-20-39(5-2)14-12-23(22)27;1-3-24(41)39-9-11-40(12-10-39)28-18-7-8-33-29(43-27-19-14-34-37-22(19)13-21(32)25(27)31)26(18)35-30(36-28)42-23-6-4-5-17-15-38(2)16-20(17)23/h4,6-11,13,19H,1,5,12,14-18,20H2,2-3H3,(H,35,38);3-8,13-14H,1,9-12,15-16H2,2H3,(H,34,37). The van der Waals surface area contributed by atoms with Crippen LogP contribution in [0.4, 0.5) is 16.0 Å². The van der Waals surface area contributed by atoms with E-state index in [9.17, 15) is 14.0 Å². The number of piperazine rings is 2. The Kier molecular flexibility index (Phi) is 15.5. The summed E-state index contributed by atoms with van der Waals surface area (Å²) < 4.78 is 40.3. The zero-order valence-electron chi connectivity index (χ0n) is 48.1. The van der Waals surface area contributed by atoms with E-state index in [1.54, 1.807) is 34.5 Å². The van der Waals surface area contributed by atoms with Gasteiger partial charge in [-0.05, 0) is 86.1 Å². The predicted octanol–water partition coefficient (Wildman–Crippen LogP) is 10.1. The summed E-state index contributed by atoms with van der Waals surface area (Å²) in [5.74, 6) is 3.05. The molecule has 2 N–H and O–H groups in total. The van der Waals surface area contributed by atoms with Crippen molar-refractivity contribution in [2.75, 3.05) is 82.3 Å². The van der Waals surface area contributed by atoms with Crippen molar-refractivity contribution < 1.29 is 32.9 Å². The Morgan fingerprint density at radius 2 is 1.17 bits per heavy atom. The number of aryl methyl sites for hydroxylation is 1. The summed E-state index contributed by atoms with van der Waals surface area (Å²) in [7, 11) is 2.05. The molecule has 0 saturated carbocycles. The molecule has 10 aromatic rings. The van der Waals surface area contributed by atoms with Gasteiger partial charge in [-0.2, -0.15) is 30.1 Å². The van der Waals surface area contributed by atoms with E-state index in [1.165, 1.54) is 41.1 Å². The minimum absolute atomic E-state index is 0.0634. The summed E-state index contributed by atoms with van der Waals surface area (Å²) in [5, 5.41) is 16.5. The summed E-state index contributed by atoms with van der Waals surface area (Å²) in [6.45, 7) is 20.2. The lowest BCUT2D eigenvalue weighted by atomic mass is 9.99. The minimum atomic E-state index is -0.664. The number of anilines is 2. The second-order valence-electron chi connectivity index (χ2n) is 21.6. The van der Waals surface area contributed by atoms with E-state index in [-0.39, 0.29) is 40.5 Å². The summed E-state index contributed by atoms with van der Waals surface area (Å²) in [5.41, 5.74) is 7.83. The first-order valence-electron chi connectivity index (χ1n) is 28.7. The van der Waals surface area contributed by atoms with Crippen molar-refractivity contribution >= 4 is 78.7 Å². The second kappa shape index (κ2) is 23.9. The molecule has 4 aromatic carbocycles. The number of H-pyrrole nitrogens is 2. The van der Waals surface area contributed by atoms with Crippen LogP contribution in [0.15, 0.2) is 117 Å².